The number of non-ortho nitro benzene ring substituents is 1. The lowest BCUT2D eigenvalue weighted by Gasteiger charge is -2.08. The van der Waals surface area contributed by atoms with E-state index in [0.29, 0.717) is 17.9 Å². The van der Waals surface area contributed by atoms with Crippen molar-refractivity contribution < 1.29 is 19.2 Å². The molecular weight excluding hydrogens is 384 g/mol. The minimum absolute atomic E-state index is 0.0171. The molecule has 0 bridgehead atoms. The highest BCUT2D eigenvalue weighted by Gasteiger charge is 2.26. The molecule has 0 aromatic heterocycles. The van der Waals surface area contributed by atoms with Crippen molar-refractivity contribution in [1.29, 1.82) is 0 Å². The Balaban J connectivity index is 1.93. The van der Waals surface area contributed by atoms with E-state index in [9.17, 15) is 14.9 Å². The molecule has 0 saturated heterocycles. The van der Waals surface area contributed by atoms with Gasteiger partial charge in [-0.3, -0.25) is 10.1 Å². The maximum absolute atomic E-state index is 12.2. The SMILES string of the molecule is C=C(C)COc1ccccc1/C=C1\N=C(c2ccc([N+](=O)[O-])cc2Cl)OC1=O. The van der Waals surface area contributed by atoms with Gasteiger partial charge in [-0.15, -0.1) is 0 Å². The van der Waals surface area contributed by atoms with Crippen LogP contribution in [0.1, 0.15) is 18.1 Å². The number of halogens is 1. The molecule has 28 heavy (non-hydrogen) atoms. The molecule has 0 N–H and O–H groups in total. The molecule has 1 aliphatic rings. The molecule has 3 rings (SSSR count). The predicted molar refractivity (Wildman–Crippen MR) is 105 cm³/mol. The van der Waals surface area contributed by atoms with Gasteiger partial charge in [0.25, 0.3) is 5.69 Å². The van der Waals surface area contributed by atoms with Crippen LogP contribution >= 0.6 is 11.6 Å². The summed E-state index contributed by atoms with van der Waals surface area (Å²) in [5.41, 5.74) is 1.69. The Labute approximate surface area is 165 Å². The Morgan fingerprint density at radius 2 is 2.11 bits per heavy atom. The van der Waals surface area contributed by atoms with Crippen molar-refractivity contribution in [2.75, 3.05) is 6.61 Å². The standard InChI is InChI=1S/C20H15ClN2O5/c1-12(2)11-27-18-6-4-3-5-13(18)9-17-20(24)28-19(22-17)15-8-7-14(23(25)26)10-16(15)21/h3-10H,1,11H2,2H3/b17-9-. The second-order valence-electron chi connectivity index (χ2n) is 6.04. The lowest BCUT2D eigenvalue weighted by molar-refractivity contribution is -0.384. The molecule has 0 amide bonds. The molecule has 0 saturated carbocycles. The molecule has 2 aromatic rings. The van der Waals surface area contributed by atoms with E-state index in [1.807, 2.05) is 13.0 Å². The second-order valence-corrected chi connectivity index (χ2v) is 6.45. The highest BCUT2D eigenvalue weighted by Crippen LogP contribution is 2.28. The molecule has 0 radical (unpaired) electrons. The zero-order valence-electron chi connectivity index (χ0n) is 14.8. The monoisotopic (exact) mass is 398 g/mol. The summed E-state index contributed by atoms with van der Waals surface area (Å²) in [6.07, 6.45) is 1.54. The number of hydrogen-bond acceptors (Lipinski definition) is 6. The van der Waals surface area contributed by atoms with E-state index in [1.54, 1.807) is 24.3 Å². The lowest BCUT2D eigenvalue weighted by Crippen LogP contribution is -2.06. The number of hydrogen-bond donors (Lipinski definition) is 0. The van der Waals surface area contributed by atoms with Gasteiger partial charge in [0.1, 0.15) is 12.4 Å². The number of cyclic esters (lactones) is 1. The first-order valence-electron chi connectivity index (χ1n) is 8.18. The van der Waals surface area contributed by atoms with Gasteiger partial charge >= 0.3 is 5.97 Å². The first kappa shape index (κ1) is 19.3. The fraction of sp³-hybridized carbons (Fsp3) is 0.100. The molecule has 0 unspecified atom stereocenters. The van der Waals surface area contributed by atoms with E-state index in [2.05, 4.69) is 11.6 Å². The van der Waals surface area contributed by atoms with Crippen LogP contribution in [0.15, 0.2) is 65.3 Å². The zero-order valence-corrected chi connectivity index (χ0v) is 15.6. The molecule has 142 valence electrons. The molecule has 1 aliphatic heterocycles. The first-order valence-corrected chi connectivity index (χ1v) is 8.56. The third-order valence-corrected chi connectivity index (χ3v) is 4.01. The van der Waals surface area contributed by atoms with E-state index in [-0.39, 0.29) is 27.9 Å². The summed E-state index contributed by atoms with van der Waals surface area (Å²) < 4.78 is 10.9. The van der Waals surface area contributed by atoms with Gasteiger partial charge in [0.2, 0.25) is 5.90 Å². The molecule has 0 atom stereocenters. The van der Waals surface area contributed by atoms with Crippen LogP contribution in [0.25, 0.3) is 6.08 Å². The Morgan fingerprint density at radius 1 is 1.36 bits per heavy atom. The van der Waals surface area contributed by atoms with Gasteiger partial charge in [0.05, 0.1) is 15.5 Å². The maximum Gasteiger partial charge on any atom is 0.363 e. The number of carbonyl (C=O) groups excluding carboxylic acids is 1. The van der Waals surface area contributed by atoms with Gasteiger partial charge in [-0.2, -0.15) is 0 Å². The van der Waals surface area contributed by atoms with Gasteiger partial charge in [-0.1, -0.05) is 36.4 Å². The summed E-state index contributed by atoms with van der Waals surface area (Å²) >= 11 is 6.08. The average molecular weight is 399 g/mol. The summed E-state index contributed by atoms with van der Waals surface area (Å²) in [5, 5.41) is 10.9. The van der Waals surface area contributed by atoms with Crippen LogP contribution in [0.5, 0.6) is 5.75 Å². The van der Waals surface area contributed by atoms with Crippen molar-refractivity contribution in [2.24, 2.45) is 4.99 Å². The van der Waals surface area contributed by atoms with E-state index in [0.717, 1.165) is 5.57 Å². The number of ether oxygens (including phenoxy) is 2. The van der Waals surface area contributed by atoms with Crippen LogP contribution in [0, 0.1) is 10.1 Å². The summed E-state index contributed by atoms with van der Waals surface area (Å²) in [6, 6.07) is 11.0. The number of aliphatic imine (C=N–C) groups is 1. The number of nitro benzene ring substituents is 1. The number of carbonyl (C=O) groups is 1. The Kier molecular flexibility index (Phi) is 5.56. The van der Waals surface area contributed by atoms with Crippen LogP contribution in [-0.2, 0) is 9.53 Å². The Hall–Kier alpha value is -3.45. The highest BCUT2D eigenvalue weighted by atomic mass is 35.5. The molecule has 0 spiro atoms. The topological polar surface area (TPSA) is 91.0 Å². The molecule has 8 heteroatoms. The van der Waals surface area contributed by atoms with Crippen molar-refractivity contribution in [3.05, 3.63) is 86.6 Å². The van der Waals surface area contributed by atoms with Crippen LogP contribution in [0.2, 0.25) is 5.02 Å². The van der Waals surface area contributed by atoms with Crippen molar-refractivity contribution >= 4 is 35.2 Å². The smallest absolute Gasteiger partial charge is 0.363 e. The summed E-state index contributed by atoms with van der Waals surface area (Å²) in [6.45, 7) is 5.98. The number of nitro groups is 1. The predicted octanol–water partition coefficient (Wildman–Crippen LogP) is 4.55. The molecule has 1 heterocycles. The third kappa shape index (κ3) is 4.27. The number of benzene rings is 2. The Morgan fingerprint density at radius 3 is 2.79 bits per heavy atom. The first-order chi connectivity index (χ1) is 13.3. The number of rotatable bonds is 6. The summed E-state index contributed by atoms with van der Waals surface area (Å²) in [7, 11) is 0. The average Bonchev–Trinajstić information content (AvgIpc) is 3.01. The molecular formula is C20H15ClN2O5. The second kappa shape index (κ2) is 8.06. The van der Waals surface area contributed by atoms with Gasteiger partial charge in [-0.25, -0.2) is 9.79 Å². The maximum atomic E-state index is 12.2. The van der Waals surface area contributed by atoms with E-state index in [4.69, 9.17) is 21.1 Å². The van der Waals surface area contributed by atoms with Crippen LogP contribution < -0.4 is 4.74 Å². The van der Waals surface area contributed by atoms with Crippen molar-refractivity contribution in [1.82, 2.24) is 0 Å². The van der Waals surface area contributed by atoms with Gasteiger partial charge in [0, 0.05) is 17.7 Å². The van der Waals surface area contributed by atoms with Gasteiger partial charge in [-0.05, 0) is 30.7 Å². The largest absolute Gasteiger partial charge is 0.489 e. The zero-order chi connectivity index (χ0) is 20.3. The normalized spacial score (nSPS) is 14.6. The van der Waals surface area contributed by atoms with Crippen molar-refractivity contribution in [3.63, 3.8) is 0 Å². The number of esters is 1. The van der Waals surface area contributed by atoms with E-state index in [1.165, 1.54) is 18.2 Å². The fourth-order valence-electron chi connectivity index (χ4n) is 2.39. The summed E-state index contributed by atoms with van der Waals surface area (Å²) in [5.74, 6) is -0.0987. The minimum atomic E-state index is -0.654. The molecule has 7 nitrogen and oxygen atoms in total. The number of para-hydroxylation sites is 1. The van der Waals surface area contributed by atoms with Gasteiger partial charge in [0.15, 0.2) is 5.70 Å². The third-order valence-electron chi connectivity index (χ3n) is 3.70. The van der Waals surface area contributed by atoms with Crippen LogP contribution in [0.4, 0.5) is 5.69 Å². The van der Waals surface area contributed by atoms with Crippen LogP contribution in [0.3, 0.4) is 0 Å². The van der Waals surface area contributed by atoms with E-state index >= 15 is 0 Å². The fourth-order valence-corrected chi connectivity index (χ4v) is 2.65. The van der Waals surface area contributed by atoms with Gasteiger partial charge < -0.3 is 9.47 Å². The lowest BCUT2D eigenvalue weighted by atomic mass is 10.1. The summed E-state index contributed by atoms with van der Waals surface area (Å²) in [4.78, 5) is 26.7. The van der Waals surface area contributed by atoms with Crippen molar-refractivity contribution in [2.45, 2.75) is 6.92 Å². The van der Waals surface area contributed by atoms with E-state index < -0.39 is 10.9 Å². The van der Waals surface area contributed by atoms with Crippen LogP contribution in [-0.4, -0.2) is 23.4 Å². The molecule has 0 fully saturated rings. The molecule has 2 aromatic carbocycles. The minimum Gasteiger partial charge on any atom is -0.489 e. The highest BCUT2D eigenvalue weighted by molar-refractivity contribution is 6.34. The number of nitrogens with zero attached hydrogens (tertiary/aromatic N) is 2. The quantitative estimate of drug-likeness (QED) is 0.234. The molecule has 0 aliphatic carbocycles. The Bertz CT molecular complexity index is 1040. The van der Waals surface area contributed by atoms with Crippen molar-refractivity contribution in [3.8, 4) is 5.75 Å².